The number of aromatic nitrogens is 2. The van der Waals surface area contributed by atoms with Crippen molar-refractivity contribution < 1.29 is 9.26 Å². The van der Waals surface area contributed by atoms with Crippen LogP contribution in [0.1, 0.15) is 12.8 Å². The molecule has 1 N–H and O–H groups in total. The second-order valence-electron chi connectivity index (χ2n) is 4.07. The summed E-state index contributed by atoms with van der Waals surface area (Å²) < 4.78 is 10.3. The van der Waals surface area contributed by atoms with Gasteiger partial charge in [0.05, 0.1) is 7.11 Å². The SMILES string of the molecule is COc1cccc(-c2noc(NC3CC3)n2)c1. The number of anilines is 1. The average molecular weight is 231 g/mol. The minimum Gasteiger partial charge on any atom is -0.497 e. The highest BCUT2D eigenvalue weighted by Gasteiger charge is 2.23. The Morgan fingerprint density at radius 3 is 3.06 bits per heavy atom. The van der Waals surface area contributed by atoms with Gasteiger partial charge in [0.1, 0.15) is 5.75 Å². The molecule has 2 aromatic rings. The molecule has 1 aromatic heterocycles. The highest BCUT2D eigenvalue weighted by atomic mass is 16.5. The average Bonchev–Trinajstić information content (AvgIpc) is 3.05. The molecule has 0 bridgehead atoms. The van der Waals surface area contributed by atoms with Gasteiger partial charge in [0, 0.05) is 11.6 Å². The summed E-state index contributed by atoms with van der Waals surface area (Å²) in [5.74, 6) is 1.36. The fourth-order valence-electron chi connectivity index (χ4n) is 1.56. The van der Waals surface area contributed by atoms with Gasteiger partial charge in [-0.05, 0) is 25.0 Å². The van der Waals surface area contributed by atoms with E-state index >= 15 is 0 Å². The van der Waals surface area contributed by atoms with Crippen molar-refractivity contribution in [2.45, 2.75) is 18.9 Å². The van der Waals surface area contributed by atoms with Crippen molar-refractivity contribution >= 4 is 6.01 Å². The van der Waals surface area contributed by atoms with E-state index in [1.807, 2.05) is 24.3 Å². The van der Waals surface area contributed by atoms with Gasteiger partial charge in [0.15, 0.2) is 0 Å². The van der Waals surface area contributed by atoms with Gasteiger partial charge in [0.2, 0.25) is 5.82 Å². The van der Waals surface area contributed by atoms with E-state index in [9.17, 15) is 0 Å². The Morgan fingerprint density at radius 2 is 2.29 bits per heavy atom. The molecule has 17 heavy (non-hydrogen) atoms. The molecule has 0 saturated heterocycles. The third-order valence-electron chi connectivity index (χ3n) is 2.66. The van der Waals surface area contributed by atoms with E-state index in [4.69, 9.17) is 9.26 Å². The summed E-state index contributed by atoms with van der Waals surface area (Å²) in [7, 11) is 1.63. The minimum absolute atomic E-state index is 0.491. The Labute approximate surface area is 98.8 Å². The van der Waals surface area contributed by atoms with E-state index in [-0.39, 0.29) is 0 Å². The normalized spacial score (nSPS) is 14.6. The summed E-state index contributed by atoms with van der Waals surface area (Å²) in [5, 5.41) is 7.10. The fourth-order valence-corrected chi connectivity index (χ4v) is 1.56. The quantitative estimate of drug-likeness (QED) is 0.875. The van der Waals surface area contributed by atoms with Crippen molar-refractivity contribution in [3.8, 4) is 17.1 Å². The number of hydrogen-bond acceptors (Lipinski definition) is 5. The van der Waals surface area contributed by atoms with Crippen LogP contribution in [0.3, 0.4) is 0 Å². The first-order valence-electron chi connectivity index (χ1n) is 5.60. The number of nitrogens with zero attached hydrogens (tertiary/aromatic N) is 2. The maximum atomic E-state index is 5.16. The summed E-state index contributed by atoms with van der Waals surface area (Å²) in [4.78, 5) is 4.29. The predicted octanol–water partition coefficient (Wildman–Crippen LogP) is 2.32. The fraction of sp³-hybridized carbons (Fsp3) is 0.333. The van der Waals surface area contributed by atoms with Gasteiger partial charge in [-0.25, -0.2) is 0 Å². The summed E-state index contributed by atoms with van der Waals surface area (Å²) in [5.41, 5.74) is 0.886. The lowest BCUT2D eigenvalue weighted by Gasteiger charge is -1.99. The molecule has 88 valence electrons. The maximum Gasteiger partial charge on any atom is 0.322 e. The lowest BCUT2D eigenvalue weighted by molar-refractivity contribution is 0.414. The summed E-state index contributed by atoms with van der Waals surface area (Å²) in [6.07, 6.45) is 2.35. The maximum absolute atomic E-state index is 5.16. The van der Waals surface area contributed by atoms with Crippen LogP contribution in [0.15, 0.2) is 28.8 Å². The number of rotatable bonds is 4. The van der Waals surface area contributed by atoms with Gasteiger partial charge in [-0.15, -0.1) is 0 Å². The van der Waals surface area contributed by atoms with Crippen LogP contribution in [0.5, 0.6) is 5.75 Å². The highest BCUT2D eigenvalue weighted by Crippen LogP contribution is 2.26. The molecule has 0 unspecified atom stereocenters. The lowest BCUT2D eigenvalue weighted by Crippen LogP contribution is -2.00. The zero-order valence-electron chi connectivity index (χ0n) is 9.51. The summed E-state index contributed by atoms with van der Waals surface area (Å²) >= 11 is 0. The smallest absolute Gasteiger partial charge is 0.322 e. The number of ether oxygens (including phenoxy) is 1. The van der Waals surface area contributed by atoms with Crippen LogP contribution in [0, 0.1) is 0 Å². The van der Waals surface area contributed by atoms with Crippen molar-refractivity contribution in [1.29, 1.82) is 0 Å². The second kappa shape index (κ2) is 4.08. The highest BCUT2D eigenvalue weighted by molar-refractivity contribution is 5.58. The minimum atomic E-state index is 0.491. The Balaban J connectivity index is 1.83. The predicted molar refractivity (Wildman–Crippen MR) is 62.9 cm³/mol. The molecule has 0 atom stereocenters. The number of benzene rings is 1. The Morgan fingerprint density at radius 1 is 1.41 bits per heavy atom. The van der Waals surface area contributed by atoms with E-state index < -0.39 is 0 Å². The molecule has 5 heteroatoms. The lowest BCUT2D eigenvalue weighted by atomic mass is 10.2. The van der Waals surface area contributed by atoms with Gasteiger partial charge in [0.25, 0.3) is 0 Å². The zero-order chi connectivity index (χ0) is 11.7. The topological polar surface area (TPSA) is 60.2 Å². The van der Waals surface area contributed by atoms with Crippen LogP contribution in [-0.2, 0) is 0 Å². The molecule has 5 nitrogen and oxygen atoms in total. The molecule has 1 aliphatic rings. The number of hydrogen-bond donors (Lipinski definition) is 1. The largest absolute Gasteiger partial charge is 0.497 e. The first-order chi connectivity index (χ1) is 8.35. The van der Waals surface area contributed by atoms with Crippen LogP contribution < -0.4 is 10.1 Å². The molecule has 0 amide bonds. The van der Waals surface area contributed by atoms with Gasteiger partial charge in [-0.1, -0.05) is 17.3 Å². The molecule has 0 aliphatic heterocycles. The van der Waals surface area contributed by atoms with E-state index in [0.717, 1.165) is 11.3 Å². The standard InChI is InChI=1S/C12H13N3O2/c1-16-10-4-2-3-8(7-10)11-14-12(17-15-11)13-9-5-6-9/h2-4,7,9H,5-6H2,1H3,(H,13,14,15). The van der Waals surface area contributed by atoms with Crippen LogP contribution in [-0.4, -0.2) is 23.3 Å². The molecular weight excluding hydrogens is 218 g/mol. The molecule has 1 heterocycles. The van der Waals surface area contributed by atoms with Crippen molar-refractivity contribution in [3.05, 3.63) is 24.3 Å². The van der Waals surface area contributed by atoms with Crippen LogP contribution in [0.2, 0.25) is 0 Å². The van der Waals surface area contributed by atoms with E-state index in [1.54, 1.807) is 7.11 Å². The van der Waals surface area contributed by atoms with Crippen molar-refractivity contribution in [3.63, 3.8) is 0 Å². The first kappa shape index (κ1) is 10.1. The number of nitrogens with one attached hydrogen (secondary N) is 1. The first-order valence-corrected chi connectivity index (χ1v) is 5.60. The summed E-state index contributed by atoms with van der Waals surface area (Å²) in [6, 6.07) is 8.59. The molecule has 0 radical (unpaired) electrons. The van der Waals surface area contributed by atoms with Crippen LogP contribution in [0.4, 0.5) is 6.01 Å². The molecule has 1 fully saturated rings. The van der Waals surface area contributed by atoms with Gasteiger partial charge >= 0.3 is 6.01 Å². The Hall–Kier alpha value is -2.04. The Kier molecular flexibility index (Phi) is 2.44. The second-order valence-corrected chi connectivity index (χ2v) is 4.07. The third-order valence-corrected chi connectivity index (χ3v) is 2.66. The van der Waals surface area contributed by atoms with E-state index in [0.29, 0.717) is 17.9 Å². The molecule has 1 aliphatic carbocycles. The van der Waals surface area contributed by atoms with E-state index in [1.165, 1.54) is 12.8 Å². The van der Waals surface area contributed by atoms with Crippen molar-refractivity contribution in [1.82, 2.24) is 10.1 Å². The van der Waals surface area contributed by atoms with Gasteiger partial charge < -0.3 is 14.6 Å². The number of methoxy groups -OCH3 is 1. The molecule has 0 spiro atoms. The van der Waals surface area contributed by atoms with Gasteiger partial charge in [-0.2, -0.15) is 4.98 Å². The van der Waals surface area contributed by atoms with Crippen molar-refractivity contribution in [2.24, 2.45) is 0 Å². The third kappa shape index (κ3) is 2.22. The molecular formula is C12H13N3O2. The monoisotopic (exact) mass is 231 g/mol. The van der Waals surface area contributed by atoms with Gasteiger partial charge in [-0.3, -0.25) is 0 Å². The molecule has 1 aromatic carbocycles. The van der Waals surface area contributed by atoms with Crippen LogP contribution >= 0.6 is 0 Å². The van der Waals surface area contributed by atoms with Crippen molar-refractivity contribution in [2.75, 3.05) is 12.4 Å². The molecule has 1 saturated carbocycles. The van der Waals surface area contributed by atoms with Crippen LogP contribution in [0.25, 0.3) is 11.4 Å². The summed E-state index contributed by atoms with van der Waals surface area (Å²) in [6.45, 7) is 0. The Bertz CT molecular complexity index is 520. The zero-order valence-corrected chi connectivity index (χ0v) is 9.51. The molecule has 3 rings (SSSR count). The van der Waals surface area contributed by atoms with E-state index in [2.05, 4.69) is 15.5 Å².